The summed E-state index contributed by atoms with van der Waals surface area (Å²) in [6, 6.07) is 13.9. The second-order valence-electron chi connectivity index (χ2n) is 9.04. The van der Waals surface area contributed by atoms with Gasteiger partial charge in [0, 0.05) is 41.0 Å². The van der Waals surface area contributed by atoms with E-state index in [1.165, 1.54) is 0 Å². The van der Waals surface area contributed by atoms with Crippen molar-refractivity contribution in [3.8, 4) is 17.6 Å². The number of nitriles is 1. The zero-order chi connectivity index (χ0) is 25.1. The van der Waals surface area contributed by atoms with E-state index < -0.39 is 6.04 Å². The highest BCUT2D eigenvalue weighted by atomic mass is 32.2. The van der Waals surface area contributed by atoms with Crippen LogP contribution in [-0.2, 0) is 16.0 Å². The Labute approximate surface area is 213 Å². The lowest BCUT2D eigenvalue weighted by atomic mass is 10.0. The lowest BCUT2D eigenvalue weighted by Gasteiger charge is -2.23. The molecule has 2 amide bonds. The molecule has 9 nitrogen and oxygen atoms in total. The van der Waals surface area contributed by atoms with E-state index in [-0.39, 0.29) is 23.9 Å². The summed E-state index contributed by atoms with van der Waals surface area (Å²) >= 11 is 1.71. The zero-order valence-corrected chi connectivity index (χ0v) is 20.5. The van der Waals surface area contributed by atoms with Crippen LogP contribution in [0.2, 0.25) is 0 Å². The zero-order valence-electron chi connectivity index (χ0n) is 19.7. The largest absolute Gasteiger partial charge is 0.457 e. The molecule has 2 fully saturated rings. The molecule has 3 aromatic rings. The number of amides is 2. The molecule has 3 unspecified atom stereocenters. The van der Waals surface area contributed by atoms with Gasteiger partial charge in [0.2, 0.25) is 11.8 Å². The van der Waals surface area contributed by atoms with Crippen LogP contribution in [0.4, 0.5) is 5.69 Å². The van der Waals surface area contributed by atoms with Crippen molar-refractivity contribution >= 4 is 40.2 Å². The van der Waals surface area contributed by atoms with Crippen LogP contribution in [0, 0.1) is 11.3 Å². The summed E-state index contributed by atoms with van der Waals surface area (Å²) < 4.78 is 6.05. The number of benzene rings is 2. The molecule has 186 valence electrons. The summed E-state index contributed by atoms with van der Waals surface area (Å²) in [7, 11) is 0. The van der Waals surface area contributed by atoms with E-state index in [2.05, 4.69) is 21.7 Å². The van der Waals surface area contributed by atoms with E-state index in [0.29, 0.717) is 36.6 Å². The van der Waals surface area contributed by atoms with Gasteiger partial charge < -0.3 is 25.7 Å². The van der Waals surface area contributed by atoms with Crippen LogP contribution in [0.3, 0.4) is 0 Å². The van der Waals surface area contributed by atoms with Crippen molar-refractivity contribution in [2.75, 3.05) is 23.5 Å². The van der Waals surface area contributed by atoms with Gasteiger partial charge in [-0.15, -0.1) is 11.8 Å². The van der Waals surface area contributed by atoms with Crippen LogP contribution in [0.15, 0.2) is 48.7 Å². The topological polar surface area (TPSA) is 136 Å². The Morgan fingerprint density at radius 3 is 2.81 bits per heavy atom. The van der Waals surface area contributed by atoms with E-state index in [4.69, 9.17) is 10.5 Å². The van der Waals surface area contributed by atoms with Crippen molar-refractivity contribution in [3.05, 3.63) is 54.2 Å². The van der Waals surface area contributed by atoms with Gasteiger partial charge in [0.1, 0.15) is 17.5 Å². The molecule has 0 spiro atoms. The lowest BCUT2D eigenvalue weighted by Crippen LogP contribution is -2.46. The molecule has 3 atom stereocenters. The van der Waals surface area contributed by atoms with E-state index >= 15 is 0 Å². The Morgan fingerprint density at radius 1 is 1.25 bits per heavy atom. The third-order valence-corrected chi connectivity index (χ3v) is 7.51. The number of nitrogens with one attached hydrogen (secondary N) is 3. The van der Waals surface area contributed by atoms with Crippen LogP contribution >= 0.6 is 11.8 Å². The van der Waals surface area contributed by atoms with Crippen molar-refractivity contribution < 1.29 is 14.3 Å². The maximum Gasteiger partial charge on any atom is 0.242 e. The van der Waals surface area contributed by atoms with E-state index in [0.717, 1.165) is 34.5 Å². The molecule has 2 saturated heterocycles. The Kier molecular flexibility index (Phi) is 7.13. The van der Waals surface area contributed by atoms with Crippen molar-refractivity contribution in [1.29, 1.82) is 5.26 Å². The fraction of sp³-hybridized carbons (Fsp3) is 0.346. The molecule has 0 aliphatic carbocycles. The molecule has 2 aromatic carbocycles. The normalized spacial score (nSPS) is 20.3. The Morgan fingerprint density at radius 2 is 2.06 bits per heavy atom. The van der Waals surface area contributed by atoms with E-state index in [9.17, 15) is 14.9 Å². The van der Waals surface area contributed by atoms with Gasteiger partial charge in [-0.05, 0) is 67.3 Å². The number of nitrogens with zero attached hydrogens (tertiary/aromatic N) is 2. The number of fused-ring (bicyclic) bond motifs is 1. The van der Waals surface area contributed by atoms with Gasteiger partial charge >= 0.3 is 0 Å². The van der Waals surface area contributed by atoms with Crippen molar-refractivity contribution in [2.45, 2.75) is 37.4 Å². The molecular formula is C26H28N6O3S. The molecule has 5 rings (SSSR count). The van der Waals surface area contributed by atoms with E-state index in [1.807, 2.05) is 48.7 Å². The van der Waals surface area contributed by atoms with Gasteiger partial charge in [-0.25, -0.2) is 0 Å². The second kappa shape index (κ2) is 10.6. The Hall–Kier alpha value is -3.52. The van der Waals surface area contributed by atoms with Crippen LogP contribution in [0.25, 0.3) is 10.9 Å². The monoisotopic (exact) mass is 504 g/mol. The minimum atomic E-state index is -0.719. The molecule has 10 heteroatoms. The van der Waals surface area contributed by atoms with Crippen LogP contribution < -0.4 is 21.1 Å². The SMILES string of the molecule is N#CC1CCCN1C(=O)C(N)Cc1c[nH]c2ccc(Oc3ccc(NC(=O)C4CSCN4)cc3)cc12. The minimum absolute atomic E-state index is 0.0383. The summed E-state index contributed by atoms with van der Waals surface area (Å²) in [6.07, 6.45) is 3.75. The first-order valence-corrected chi connectivity index (χ1v) is 13.1. The first kappa shape index (κ1) is 24.2. The van der Waals surface area contributed by atoms with Gasteiger partial charge in [-0.1, -0.05) is 0 Å². The number of hydrogen-bond donors (Lipinski definition) is 4. The van der Waals surface area contributed by atoms with Gasteiger partial charge in [0.15, 0.2) is 0 Å². The number of ether oxygens (including phenoxy) is 1. The first-order chi connectivity index (χ1) is 17.5. The predicted octanol–water partition coefficient (Wildman–Crippen LogP) is 2.95. The first-order valence-electron chi connectivity index (χ1n) is 12.0. The van der Waals surface area contributed by atoms with Gasteiger partial charge in [-0.3, -0.25) is 14.9 Å². The summed E-state index contributed by atoms with van der Waals surface area (Å²) in [6.45, 7) is 0.579. The molecule has 0 bridgehead atoms. The highest BCUT2D eigenvalue weighted by Gasteiger charge is 2.32. The number of aromatic nitrogens is 1. The van der Waals surface area contributed by atoms with Crippen LogP contribution in [0.5, 0.6) is 11.5 Å². The summed E-state index contributed by atoms with van der Waals surface area (Å²) in [5.41, 5.74) is 8.82. The third-order valence-electron chi connectivity index (χ3n) is 6.57. The molecule has 5 N–H and O–H groups in total. The van der Waals surface area contributed by atoms with Gasteiger partial charge in [0.05, 0.1) is 18.2 Å². The molecule has 0 radical (unpaired) electrons. The summed E-state index contributed by atoms with van der Waals surface area (Å²) in [5.74, 6) is 2.63. The number of carbonyl (C=O) groups excluding carboxylic acids is 2. The number of likely N-dealkylation sites (tertiary alicyclic amines) is 1. The second-order valence-corrected chi connectivity index (χ2v) is 10.1. The fourth-order valence-electron chi connectivity index (χ4n) is 4.63. The standard InChI is InChI=1S/C26H28N6O3S/c27-12-18-2-1-9-32(18)26(34)22(28)10-16-13-29-23-8-7-20(11-21(16)23)35-19-5-3-17(4-6-19)31-25(33)24-14-36-15-30-24/h3-8,11,13,18,22,24,29-30H,1-2,9-10,14-15,28H2,(H,31,33). The summed E-state index contributed by atoms with van der Waals surface area (Å²) in [5, 5.41) is 16.3. The molecule has 1 aromatic heterocycles. The molecule has 2 aliphatic heterocycles. The van der Waals surface area contributed by atoms with Crippen molar-refractivity contribution in [2.24, 2.45) is 5.73 Å². The molecule has 2 aliphatic rings. The third kappa shape index (κ3) is 5.18. The average molecular weight is 505 g/mol. The molecule has 0 saturated carbocycles. The molecule has 36 heavy (non-hydrogen) atoms. The number of anilines is 1. The number of rotatable bonds is 7. The number of carbonyl (C=O) groups is 2. The molecular weight excluding hydrogens is 476 g/mol. The Bertz CT molecular complexity index is 1300. The number of hydrogen-bond acceptors (Lipinski definition) is 7. The smallest absolute Gasteiger partial charge is 0.242 e. The lowest BCUT2D eigenvalue weighted by molar-refractivity contribution is -0.132. The average Bonchev–Trinajstić information content (AvgIpc) is 3.66. The Balaban J connectivity index is 1.24. The number of H-pyrrole nitrogens is 1. The predicted molar refractivity (Wildman–Crippen MR) is 140 cm³/mol. The maximum atomic E-state index is 12.8. The number of nitrogens with two attached hydrogens (primary N) is 1. The quantitative estimate of drug-likeness (QED) is 0.388. The highest BCUT2D eigenvalue weighted by molar-refractivity contribution is 7.99. The number of aromatic amines is 1. The van der Waals surface area contributed by atoms with Crippen molar-refractivity contribution in [1.82, 2.24) is 15.2 Å². The van der Waals surface area contributed by atoms with Crippen LogP contribution in [-0.4, -0.2) is 58.0 Å². The highest BCUT2D eigenvalue weighted by Crippen LogP contribution is 2.29. The molecule has 3 heterocycles. The number of thioether (sulfide) groups is 1. The minimum Gasteiger partial charge on any atom is -0.457 e. The van der Waals surface area contributed by atoms with E-state index in [1.54, 1.807) is 16.7 Å². The fourth-order valence-corrected chi connectivity index (χ4v) is 5.57. The maximum absolute atomic E-state index is 12.8. The summed E-state index contributed by atoms with van der Waals surface area (Å²) in [4.78, 5) is 29.9. The van der Waals surface area contributed by atoms with Gasteiger partial charge in [-0.2, -0.15) is 5.26 Å². The van der Waals surface area contributed by atoms with Crippen molar-refractivity contribution in [3.63, 3.8) is 0 Å². The van der Waals surface area contributed by atoms with Gasteiger partial charge in [0.25, 0.3) is 0 Å². The van der Waals surface area contributed by atoms with Crippen LogP contribution in [0.1, 0.15) is 18.4 Å².